The van der Waals surface area contributed by atoms with E-state index in [0.717, 1.165) is 25.2 Å². The quantitative estimate of drug-likeness (QED) is 0.355. The van der Waals surface area contributed by atoms with Crippen LogP contribution in [0.1, 0.15) is 16.1 Å². The molecule has 140 valence electrons. The number of carbonyl (C=O) groups excluding carboxylic acids is 1. The summed E-state index contributed by atoms with van der Waals surface area (Å²) in [6.45, 7) is 0.349. The largest absolute Gasteiger partial charge is 0.497 e. The molecule has 0 aliphatic carbocycles. The summed E-state index contributed by atoms with van der Waals surface area (Å²) in [6.07, 6.45) is 1.73. The smallest absolute Gasteiger partial charge is 0.261 e. The SMILES string of the molecule is COc1ccc2nc(N(Cc3ccccn3)C(=O)c3ccccc3I)sc2c1. The Labute approximate surface area is 180 Å². The maximum atomic E-state index is 13.4. The molecule has 5 nitrogen and oxygen atoms in total. The van der Waals surface area contributed by atoms with Gasteiger partial charge in [0, 0.05) is 9.77 Å². The molecule has 0 saturated carbocycles. The second-order valence-electron chi connectivity index (χ2n) is 6.02. The summed E-state index contributed by atoms with van der Waals surface area (Å²) in [7, 11) is 1.64. The first-order valence-corrected chi connectivity index (χ1v) is 10.5. The first-order chi connectivity index (χ1) is 13.7. The third-order valence-corrected chi connectivity index (χ3v) is 6.19. The molecule has 4 aromatic rings. The molecule has 0 radical (unpaired) electrons. The molecule has 0 aliphatic rings. The summed E-state index contributed by atoms with van der Waals surface area (Å²) in [5.74, 6) is 0.671. The predicted octanol–water partition coefficient (Wildman–Crippen LogP) is 5.15. The van der Waals surface area contributed by atoms with Gasteiger partial charge in [-0.1, -0.05) is 29.5 Å². The minimum atomic E-state index is -0.0957. The van der Waals surface area contributed by atoms with E-state index in [1.165, 1.54) is 11.3 Å². The number of halogens is 1. The number of methoxy groups -OCH3 is 1. The molecule has 0 bridgehead atoms. The summed E-state index contributed by atoms with van der Waals surface area (Å²) in [5, 5.41) is 0.638. The first-order valence-electron chi connectivity index (χ1n) is 8.56. The zero-order valence-corrected chi connectivity index (χ0v) is 18.0. The van der Waals surface area contributed by atoms with Crippen molar-refractivity contribution in [1.29, 1.82) is 0 Å². The van der Waals surface area contributed by atoms with Gasteiger partial charge >= 0.3 is 0 Å². The number of carbonyl (C=O) groups is 1. The Morgan fingerprint density at radius 2 is 1.96 bits per heavy atom. The van der Waals surface area contributed by atoms with Gasteiger partial charge in [0.25, 0.3) is 5.91 Å². The van der Waals surface area contributed by atoms with Crippen molar-refractivity contribution in [3.05, 3.63) is 81.7 Å². The van der Waals surface area contributed by atoms with Crippen LogP contribution in [0.5, 0.6) is 5.75 Å². The van der Waals surface area contributed by atoms with E-state index in [0.29, 0.717) is 17.2 Å². The van der Waals surface area contributed by atoms with Gasteiger partial charge in [0.15, 0.2) is 5.13 Å². The molecular formula is C21H16IN3O2S. The molecular weight excluding hydrogens is 485 g/mol. The van der Waals surface area contributed by atoms with E-state index in [1.54, 1.807) is 18.2 Å². The van der Waals surface area contributed by atoms with Crippen molar-refractivity contribution in [1.82, 2.24) is 9.97 Å². The number of rotatable bonds is 5. The Morgan fingerprint density at radius 1 is 1.14 bits per heavy atom. The molecule has 0 N–H and O–H groups in total. The Balaban J connectivity index is 1.78. The average Bonchev–Trinajstić information content (AvgIpc) is 3.15. The van der Waals surface area contributed by atoms with Crippen molar-refractivity contribution < 1.29 is 9.53 Å². The molecule has 0 aliphatic heterocycles. The molecule has 0 atom stereocenters. The molecule has 7 heteroatoms. The molecule has 2 aromatic carbocycles. The Bertz CT molecular complexity index is 1130. The number of thiazole rings is 1. The summed E-state index contributed by atoms with van der Waals surface area (Å²) in [4.78, 5) is 24.2. The molecule has 0 unspecified atom stereocenters. The van der Waals surface area contributed by atoms with E-state index in [9.17, 15) is 4.79 Å². The number of amides is 1. The fraction of sp³-hybridized carbons (Fsp3) is 0.0952. The molecule has 2 heterocycles. The van der Waals surface area contributed by atoms with Crippen LogP contribution >= 0.6 is 33.9 Å². The number of hydrogen-bond acceptors (Lipinski definition) is 5. The van der Waals surface area contributed by atoms with Gasteiger partial charge in [-0.25, -0.2) is 4.98 Å². The number of aromatic nitrogens is 2. The molecule has 4 rings (SSSR count). The number of hydrogen-bond donors (Lipinski definition) is 0. The van der Waals surface area contributed by atoms with Crippen molar-refractivity contribution in [3.8, 4) is 5.75 Å². The summed E-state index contributed by atoms with van der Waals surface area (Å²) < 4.78 is 7.18. The molecule has 28 heavy (non-hydrogen) atoms. The van der Waals surface area contributed by atoms with Crippen molar-refractivity contribution in [2.24, 2.45) is 0 Å². The number of fused-ring (bicyclic) bond motifs is 1. The minimum absolute atomic E-state index is 0.0957. The van der Waals surface area contributed by atoms with Gasteiger partial charge in [0.1, 0.15) is 5.75 Å². The number of nitrogens with zero attached hydrogens (tertiary/aromatic N) is 3. The predicted molar refractivity (Wildman–Crippen MR) is 120 cm³/mol. The second kappa shape index (κ2) is 8.24. The lowest BCUT2D eigenvalue weighted by molar-refractivity contribution is 0.0984. The fourth-order valence-corrected chi connectivity index (χ4v) is 4.40. The van der Waals surface area contributed by atoms with Crippen LogP contribution in [0, 0.1) is 3.57 Å². The normalized spacial score (nSPS) is 10.8. The van der Waals surface area contributed by atoms with Crippen LogP contribution in [0.3, 0.4) is 0 Å². The summed E-state index contributed by atoms with van der Waals surface area (Å²) in [6, 6.07) is 19.0. The second-order valence-corrected chi connectivity index (χ2v) is 8.19. The van der Waals surface area contributed by atoms with E-state index in [1.807, 2.05) is 60.7 Å². The monoisotopic (exact) mass is 501 g/mol. The maximum Gasteiger partial charge on any atom is 0.261 e. The Kier molecular flexibility index (Phi) is 5.54. The van der Waals surface area contributed by atoms with Gasteiger partial charge in [-0.05, 0) is 65.1 Å². The zero-order valence-electron chi connectivity index (χ0n) is 15.0. The highest BCUT2D eigenvalue weighted by atomic mass is 127. The highest BCUT2D eigenvalue weighted by Crippen LogP contribution is 2.33. The Morgan fingerprint density at radius 3 is 2.71 bits per heavy atom. The lowest BCUT2D eigenvalue weighted by Crippen LogP contribution is -2.31. The fourth-order valence-electron chi connectivity index (χ4n) is 2.80. The van der Waals surface area contributed by atoms with E-state index < -0.39 is 0 Å². The van der Waals surface area contributed by atoms with Gasteiger partial charge in [-0.2, -0.15) is 0 Å². The number of anilines is 1. The molecule has 0 saturated heterocycles. The lowest BCUT2D eigenvalue weighted by Gasteiger charge is -2.20. The number of ether oxygens (including phenoxy) is 1. The van der Waals surface area contributed by atoms with Crippen molar-refractivity contribution in [2.45, 2.75) is 6.54 Å². The van der Waals surface area contributed by atoms with Crippen LogP contribution in [0.15, 0.2) is 66.9 Å². The highest BCUT2D eigenvalue weighted by molar-refractivity contribution is 14.1. The third kappa shape index (κ3) is 3.85. The van der Waals surface area contributed by atoms with E-state index in [4.69, 9.17) is 9.72 Å². The van der Waals surface area contributed by atoms with Crippen LogP contribution < -0.4 is 9.64 Å². The molecule has 1 amide bonds. The third-order valence-electron chi connectivity index (χ3n) is 4.21. The van der Waals surface area contributed by atoms with Gasteiger partial charge in [0.2, 0.25) is 0 Å². The first kappa shape index (κ1) is 18.8. The van der Waals surface area contributed by atoms with Gasteiger partial charge < -0.3 is 4.74 Å². The van der Waals surface area contributed by atoms with Crippen LogP contribution in [0.2, 0.25) is 0 Å². The van der Waals surface area contributed by atoms with Gasteiger partial charge in [-0.3, -0.25) is 14.7 Å². The highest BCUT2D eigenvalue weighted by Gasteiger charge is 2.23. The standard InChI is InChI=1S/C21H16IN3O2S/c1-27-15-9-10-18-19(12-15)28-21(24-18)25(13-14-6-4-5-11-23-14)20(26)16-7-2-3-8-17(16)22/h2-12H,13H2,1H3. The van der Waals surface area contributed by atoms with Crippen LogP contribution in [-0.2, 0) is 6.54 Å². The van der Waals surface area contributed by atoms with Crippen LogP contribution in [0.4, 0.5) is 5.13 Å². The van der Waals surface area contributed by atoms with Gasteiger partial charge in [-0.15, -0.1) is 0 Å². The number of pyridine rings is 1. The van der Waals surface area contributed by atoms with E-state index >= 15 is 0 Å². The van der Waals surface area contributed by atoms with Crippen molar-refractivity contribution >= 4 is 55.2 Å². The van der Waals surface area contributed by atoms with E-state index in [2.05, 4.69) is 27.6 Å². The van der Waals surface area contributed by atoms with Crippen molar-refractivity contribution in [3.63, 3.8) is 0 Å². The van der Waals surface area contributed by atoms with Crippen LogP contribution in [-0.4, -0.2) is 23.0 Å². The summed E-state index contributed by atoms with van der Waals surface area (Å²) >= 11 is 3.65. The molecule has 0 spiro atoms. The minimum Gasteiger partial charge on any atom is -0.497 e. The average molecular weight is 501 g/mol. The Hall–Kier alpha value is -2.52. The number of benzene rings is 2. The summed E-state index contributed by atoms with van der Waals surface area (Å²) in [5.41, 5.74) is 2.29. The topological polar surface area (TPSA) is 55.3 Å². The zero-order chi connectivity index (χ0) is 19.5. The maximum absolute atomic E-state index is 13.4. The molecule has 0 fully saturated rings. The van der Waals surface area contributed by atoms with Crippen molar-refractivity contribution in [2.75, 3.05) is 12.0 Å². The van der Waals surface area contributed by atoms with E-state index in [-0.39, 0.29) is 5.91 Å². The van der Waals surface area contributed by atoms with Gasteiger partial charge in [0.05, 0.1) is 35.1 Å². The van der Waals surface area contributed by atoms with Crippen LogP contribution in [0.25, 0.3) is 10.2 Å². The molecule has 2 aromatic heterocycles. The lowest BCUT2D eigenvalue weighted by atomic mass is 10.2.